The second-order valence-electron chi connectivity index (χ2n) is 10.1. The van der Waals surface area contributed by atoms with Gasteiger partial charge in [0, 0.05) is 31.7 Å². The zero-order chi connectivity index (χ0) is 27.2. The van der Waals surface area contributed by atoms with E-state index in [1.54, 1.807) is 23.9 Å². The van der Waals surface area contributed by atoms with E-state index in [0.717, 1.165) is 48.4 Å². The van der Waals surface area contributed by atoms with E-state index in [1.807, 2.05) is 57.2 Å². The Balaban J connectivity index is 1.24. The number of hydrogen-bond donors (Lipinski definition) is 1. The van der Waals surface area contributed by atoms with Gasteiger partial charge >= 0.3 is 11.7 Å². The van der Waals surface area contributed by atoms with Crippen molar-refractivity contribution in [3.8, 4) is 5.69 Å². The van der Waals surface area contributed by atoms with Crippen LogP contribution in [0.25, 0.3) is 5.69 Å². The topological polar surface area (TPSA) is 98.5 Å². The summed E-state index contributed by atoms with van der Waals surface area (Å²) in [5, 5.41) is 7.21. The molecule has 1 fully saturated rings. The molecule has 1 aliphatic heterocycles. The SMILES string of the molecule is CCOC(=O)c1ccc(CNC(=O)CC2CCN(c3ccc(-n4cnn(C(C)C)c4=O)cc3)CC2)cc1C. The van der Waals surface area contributed by atoms with Crippen molar-refractivity contribution in [3.63, 3.8) is 0 Å². The van der Waals surface area contributed by atoms with Gasteiger partial charge in [-0.05, 0) is 87.9 Å². The normalized spacial score (nSPS) is 14.1. The van der Waals surface area contributed by atoms with Gasteiger partial charge in [0.2, 0.25) is 5.91 Å². The molecule has 9 nitrogen and oxygen atoms in total. The summed E-state index contributed by atoms with van der Waals surface area (Å²) in [5.74, 6) is 0.0724. The van der Waals surface area contributed by atoms with Gasteiger partial charge in [-0.25, -0.2) is 18.8 Å². The van der Waals surface area contributed by atoms with Crippen LogP contribution >= 0.6 is 0 Å². The summed E-state index contributed by atoms with van der Waals surface area (Å²) in [6, 6.07) is 13.5. The number of benzene rings is 2. The Hall–Kier alpha value is -3.88. The Morgan fingerprint density at radius 2 is 1.76 bits per heavy atom. The van der Waals surface area contributed by atoms with Gasteiger partial charge in [-0.2, -0.15) is 5.10 Å². The number of esters is 1. The van der Waals surface area contributed by atoms with Gasteiger partial charge in [-0.1, -0.05) is 12.1 Å². The molecule has 9 heteroatoms. The quantitative estimate of drug-likeness (QED) is 0.429. The molecule has 2 heterocycles. The van der Waals surface area contributed by atoms with E-state index in [-0.39, 0.29) is 23.6 Å². The molecule has 0 unspecified atom stereocenters. The third kappa shape index (κ3) is 6.33. The summed E-state index contributed by atoms with van der Waals surface area (Å²) >= 11 is 0. The number of carbonyl (C=O) groups is 2. The number of amides is 1. The summed E-state index contributed by atoms with van der Waals surface area (Å²) in [6.07, 6.45) is 3.97. The van der Waals surface area contributed by atoms with E-state index in [2.05, 4.69) is 15.3 Å². The van der Waals surface area contributed by atoms with Crippen LogP contribution < -0.4 is 15.9 Å². The van der Waals surface area contributed by atoms with Gasteiger partial charge in [-0.15, -0.1) is 0 Å². The van der Waals surface area contributed by atoms with Gasteiger partial charge in [0.25, 0.3) is 0 Å². The van der Waals surface area contributed by atoms with Crippen molar-refractivity contribution in [1.29, 1.82) is 0 Å². The average molecular weight is 520 g/mol. The first kappa shape index (κ1) is 27.2. The second-order valence-corrected chi connectivity index (χ2v) is 10.1. The molecule has 0 spiro atoms. The number of piperidine rings is 1. The number of anilines is 1. The Morgan fingerprint density at radius 3 is 2.37 bits per heavy atom. The van der Waals surface area contributed by atoms with Gasteiger partial charge in [0.05, 0.1) is 23.9 Å². The molecule has 1 N–H and O–H groups in total. The Bertz CT molecular complexity index is 1320. The van der Waals surface area contributed by atoms with Crippen molar-refractivity contribution in [2.45, 2.75) is 59.5 Å². The van der Waals surface area contributed by atoms with Crippen LogP contribution in [-0.4, -0.2) is 45.9 Å². The molecule has 1 saturated heterocycles. The minimum atomic E-state index is -0.322. The lowest BCUT2D eigenvalue weighted by molar-refractivity contribution is -0.122. The molecular formula is C29H37N5O4. The summed E-state index contributed by atoms with van der Waals surface area (Å²) in [7, 11) is 0. The highest BCUT2D eigenvalue weighted by atomic mass is 16.5. The van der Waals surface area contributed by atoms with E-state index in [4.69, 9.17) is 4.74 Å². The summed E-state index contributed by atoms with van der Waals surface area (Å²) in [6.45, 7) is 10.1. The molecule has 0 atom stereocenters. The predicted octanol–water partition coefficient (Wildman–Crippen LogP) is 4.02. The molecule has 0 aliphatic carbocycles. The minimum Gasteiger partial charge on any atom is -0.462 e. The van der Waals surface area contributed by atoms with Crippen molar-refractivity contribution in [2.24, 2.45) is 5.92 Å². The van der Waals surface area contributed by atoms with Crippen molar-refractivity contribution >= 4 is 17.6 Å². The smallest absolute Gasteiger partial charge is 0.350 e. The van der Waals surface area contributed by atoms with E-state index in [0.29, 0.717) is 31.1 Å². The van der Waals surface area contributed by atoms with Crippen LogP contribution in [0, 0.1) is 12.8 Å². The summed E-state index contributed by atoms with van der Waals surface area (Å²) in [5.41, 5.74) is 4.12. The number of aromatic nitrogens is 3. The lowest BCUT2D eigenvalue weighted by Crippen LogP contribution is -2.35. The number of carbonyl (C=O) groups excluding carboxylic acids is 2. The predicted molar refractivity (Wildman–Crippen MR) is 147 cm³/mol. The van der Waals surface area contributed by atoms with Crippen LogP contribution in [0.4, 0.5) is 5.69 Å². The van der Waals surface area contributed by atoms with Crippen molar-refractivity contribution in [2.75, 3.05) is 24.6 Å². The van der Waals surface area contributed by atoms with Crippen LogP contribution in [0.15, 0.2) is 53.6 Å². The first-order valence-corrected chi connectivity index (χ1v) is 13.3. The van der Waals surface area contributed by atoms with Crippen molar-refractivity contribution in [1.82, 2.24) is 19.7 Å². The van der Waals surface area contributed by atoms with E-state index in [9.17, 15) is 14.4 Å². The van der Waals surface area contributed by atoms with E-state index >= 15 is 0 Å². The standard InChI is InChI=1S/C29H37N5O4/c1-5-38-28(36)26-11-6-23(16-21(26)4)18-30-27(35)17-22-12-14-32(15-13-22)24-7-9-25(10-8-24)33-19-31-34(20(2)3)29(33)37/h6-11,16,19-20,22H,5,12-15,17-18H2,1-4H3,(H,30,35). The third-order valence-corrected chi connectivity index (χ3v) is 7.04. The van der Waals surface area contributed by atoms with Gasteiger partial charge in [-0.3, -0.25) is 4.79 Å². The molecular weight excluding hydrogens is 482 g/mol. The van der Waals surface area contributed by atoms with Crippen molar-refractivity contribution in [3.05, 3.63) is 76.0 Å². The minimum absolute atomic E-state index is 0.0138. The van der Waals surface area contributed by atoms with Crippen LogP contribution in [0.1, 0.15) is 67.6 Å². The Labute approximate surface area is 223 Å². The van der Waals surface area contributed by atoms with Gasteiger partial charge < -0.3 is 15.0 Å². The number of rotatable bonds is 9. The molecule has 202 valence electrons. The molecule has 38 heavy (non-hydrogen) atoms. The maximum absolute atomic E-state index is 12.6. The van der Waals surface area contributed by atoms with Crippen LogP contribution in [0.3, 0.4) is 0 Å². The fraction of sp³-hybridized carbons (Fsp3) is 0.448. The molecule has 0 radical (unpaired) electrons. The number of hydrogen-bond acceptors (Lipinski definition) is 6. The monoisotopic (exact) mass is 519 g/mol. The number of ether oxygens (including phenoxy) is 1. The fourth-order valence-corrected chi connectivity index (χ4v) is 4.88. The van der Waals surface area contributed by atoms with Gasteiger partial charge in [0.15, 0.2) is 0 Å². The molecule has 4 rings (SSSR count). The highest BCUT2D eigenvalue weighted by Gasteiger charge is 2.22. The second kappa shape index (κ2) is 12.1. The zero-order valence-electron chi connectivity index (χ0n) is 22.6. The summed E-state index contributed by atoms with van der Waals surface area (Å²) in [4.78, 5) is 39.4. The van der Waals surface area contributed by atoms with Crippen LogP contribution in [-0.2, 0) is 16.1 Å². The molecule has 2 aromatic carbocycles. The molecule has 0 saturated carbocycles. The van der Waals surface area contributed by atoms with Gasteiger partial charge in [0.1, 0.15) is 6.33 Å². The largest absolute Gasteiger partial charge is 0.462 e. The highest BCUT2D eigenvalue weighted by molar-refractivity contribution is 5.91. The van der Waals surface area contributed by atoms with E-state index in [1.165, 1.54) is 4.68 Å². The molecule has 1 aromatic heterocycles. The van der Waals surface area contributed by atoms with E-state index < -0.39 is 0 Å². The number of nitrogens with one attached hydrogen (secondary N) is 1. The Morgan fingerprint density at radius 1 is 1.08 bits per heavy atom. The lowest BCUT2D eigenvalue weighted by atomic mass is 9.93. The van der Waals surface area contributed by atoms with Crippen LogP contribution in [0.2, 0.25) is 0 Å². The van der Waals surface area contributed by atoms with Crippen LogP contribution in [0.5, 0.6) is 0 Å². The Kier molecular flexibility index (Phi) is 8.66. The molecule has 1 amide bonds. The maximum atomic E-state index is 12.6. The third-order valence-electron chi connectivity index (χ3n) is 7.04. The van der Waals surface area contributed by atoms with Crippen molar-refractivity contribution < 1.29 is 14.3 Å². The molecule has 1 aliphatic rings. The first-order chi connectivity index (χ1) is 18.3. The molecule has 3 aromatic rings. The highest BCUT2D eigenvalue weighted by Crippen LogP contribution is 2.26. The lowest BCUT2D eigenvalue weighted by Gasteiger charge is -2.33. The zero-order valence-corrected chi connectivity index (χ0v) is 22.6. The fourth-order valence-electron chi connectivity index (χ4n) is 4.88. The molecule has 0 bridgehead atoms. The summed E-state index contributed by atoms with van der Waals surface area (Å²) < 4.78 is 8.11. The number of nitrogens with zero attached hydrogens (tertiary/aromatic N) is 4. The first-order valence-electron chi connectivity index (χ1n) is 13.3. The average Bonchev–Trinajstić information content (AvgIpc) is 3.29. The number of aryl methyl sites for hydroxylation is 1. The maximum Gasteiger partial charge on any atom is 0.350 e.